The Balaban J connectivity index is 1.62. The lowest BCUT2D eigenvalue weighted by atomic mass is 10.0. The van der Waals surface area contributed by atoms with E-state index in [1.165, 1.54) is 19.4 Å². The summed E-state index contributed by atoms with van der Waals surface area (Å²) in [7, 11) is 2.02. The molecular weight excluding hydrogens is 318 g/mol. The van der Waals surface area contributed by atoms with Crippen LogP contribution < -0.4 is 5.32 Å². The highest BCUT2D eigenvalue weighted by Crippen LogP contribution is 2.24. The lowest BCUT2D eigenvalue weighted by Gasteiger charge is -2.38. The summed E-state index contributed by atoms with van der Waals surface area (Å²) >= 11 is 3.43. The summed E-state index contributed by atoms with van der Waals surface area (Å²) in [5.74, 6) is 0. The molecule has 2 fully saturated rings. The number of halogens is 1. The van der Waals surface area contributed by atoms with E-state index in [1.54, 1.807) is 0 Å². The van der Waals surface area contributed by atoms with Crippen LogP contribution in [-0.4, -0.2) is 54.8 Å². The minimum absolute atomic E-state index is 0.264. The minimum Gasteiger partial charge on any atom is -0.374 e. The number of rotatable bonds is 4. The van der Waals surface area contributed by atoms with Gasteiger partial charge in [-0.2, -0.15) is 0 Å². The van der Waals surface area contributed by atoms with E-state index in [9.17, 15) is 0 Å². The van der Waals surface area contributed by atoms with Gasteiger partial charge in [0.2, 0.25) is 0 Å². The van der Waals surface area contributed by atoms with Gasteiger partial charge in [0, 0.05) is 41.4 Å². The quantitative estimate of drug-likeness (QED) is 0.908. The van der Waals surface area contributed by atoms with Gasteiger partial charge in [-0.25, -0.2) is 0 Å². The second-order valence-electron chi connectivity index (χ2n) is 5.73. The lowest BCUT2D eigenvalue weighted by Crippen LogP contribution is -2.54. The normalized spacial score (nSPS) is 28.3. The van der Waals surface area contributed by atoms with E-state index >= 15 is 0 Å². The topological polar surface area (TPSA) is 37.4 Å². The zero-order valence-electron chi connectivity index (χ0n) is 11.9. The third-order valence-corrected chi connectivity index (χ3v) is 4.92. The van der Waals surface area contributed by atoms with Crippen molar-refractivity contribution in [1.82, 2.24) is 15.2 Å². The van der Waals surface area contributed by atoms with Crippen molar-refractivity contribution < 1.29 is 4.74 Å². The molecule has 110 valence electrons. The van der Waals surface area contributed by atoms with Crippen LogP contribution >= 0.6 is 15.9 Å². The van der Waals surface area contributed by atoms with E-state index in [4.69, 9.17) is 4.74 Å². The molecule has 0 saturated carbocycles. The van der Waals surface area contributed by atoms with Gasteiger partial charge in [-0.1, -0.05) is 0 Å². The Bertz CT molecular complexity index is 439. The monoisotopic (exact) mass is 339 g/mol. The number of ether oxygens (including phenoxy) is 1. The highest BCUT2D eigenvalue weighted by atomic mass is 79.9. The standard InChI is InChI=1S/C15H22BrN3O/c1-17-14(7-12-5-4-11(16)8-18-12)15-9-19-6-2-3-13(19)10-20-15/h4-5,8,13-15,17H,2-3,6-7,9-10H2,1H3. The number of hydrogen-bond donors (Lipinski definition) is 1. The van der Waals surface area contributed by atoms with Crippen LogP contribution in [0.15, 0.2) is 22.8 Å². The fraction of sp³-hybridized carbons (Fsp3) is 0.667. The van der Waals surface area contributed by atoms with Crippen molar-refractivity contribution in [2.45, 2.75) is 37.5 Å². The van der Waals surface area contributed by atoms with E-state index < -0.39 is 0 Å². The zero-order valence-corrected chi connectivity index (χ0v) is 13.5. The van der Waals surface area contributed by atoms with Crippen LogP contribution in [-0.2, 0) is 11.2 Å². The number of morpholine rings is 1. The molecule has 1 aromatic heterocycles. The third kappa shape index (κ3) is 3.22. The Morgan fingerprint density at radius 1 is 1.55 bits per heavy atom. The first kappa shape index (κ1) is 14.4. The van der Waals surface area contributed by atoms with Gasteiger partial charge in [-0.3, -0.25) is 9.88 Å². The SMILES string of the molecule is CNC(Cc1ccc(Br)cn1)C1CN2CCCC2CO1. The molecule has 1 aromatic rings. The minimum atomic E-state index is 0.264. The number of hydrogen-bond acceptors (Lipinski definition) is 4. The molecule has 0 bridgehead atoms. The van der Waals surface area contributed by atoms with Crippen molar-refractivity contribution in [2.75, 3.05) is 26.7 Å². The maximum Gasteiger partial charge on any atom is 0.0859 e. The highest BCUT2D eigenvalue weighted by molar-refractivity contribution is 9.10. The van der Waals surface area contributed by atoms with Crippen LogP contribution in [0.2, 0.25) is 0 Å². The number of pyridine rings is 1. The van der Waals surface area contributed by atoms with Gasteiger partial charge in [0.15, 0.2) is 0 Å². The molecule has 2 saturated heterocycles. The van der Waals surface area contributed by atoms with E-state index in [2.05, 4.69) is 37.2 Å². The molecule has 2 aliphatic rings. The predicted octanol–water partition coefficient (Wildman–Crippen LogP) is 1.84. The number of nitrogens with one attached hydrogen (secondary N) is 1. The second kappa shape index (κ2) is 6.52. The van der Waals surface area contributed by atoms with Gasteiger partial charge in [0.05, 0.1) is 12.7 Å². The Labute approximate surface area is 129 Å². The fourth-order valence-corrected chi connectivity index (χ4v) is 3.49. The Morgan fingerprint density at radius 2 is 2.45 bits per heavy atom. The van der Waals surface area contributed by atoms with E-state index in [-0.39, 0.29) is 6.10 Å². The van der Waals surface area contributed by atoms with Crippen LogP contribution in [0.1, 0.15) is 18.5 Å². The van der Waals surface area contributed by atoms with E-state index in [0.29, 0.717) is 12.1 Å². The molecule has 20 heavy (non-hydrogen) atoms. The molecule has 1 N–H and O–H groups in total. The fourth-order valence-electron chi connectivity index (χ4n) is 3.26. The molecule has 4 nitrogen and oxygen atoms in total. The molecule has 0 aliphatic carbocycles. The van der Waals surface area contributed by atoms with Crippen molar-refractivity contribution >= 4 is 15.9 Å². The Kier molecular flexibility index (Phi) is 4.71. The number of aromatic nitrogens is 1. The molecule has 0 amide bonds. The van der Waals surface area contributed by atoms with Gasteiger partial charge < -0.3 is 10.1 Å². The van der Waals surface area contributed by atoms with Gasteiger partial charge in [0.25, 0.3) is 0 Å². The molecule has 3 atom stereocenters. The van der Waals surface area contributed by atoms with Crippen LogP contribution in [0.25, 0.3) is 0 Å². The van der Waals surface area contributed by atoms with Gasteiger partial charge >= 0.3 is 0 Å². The highest BCUT2D eigenvalue weighted by Gasteiger charge is 2.35. The summed E-state index contributed by atoms with van der Waals surface area (Å²) in [4.78, 5) is 7.06. The molecular formula is C15H22BrN3O. The zero-order chi connectivity index (χ0) is 13.9. The summed E-state index contributed by atoms with van der Waals surface area (Å²) < 4.78 is 7.12. The number of fused-ring (bicyclic) bond motifs is 1. The molecule has 3 rings (SSSR count). The summed E-state index contributed by atoms with van der Waals surface area (Å²) in [5, 5.41) is 3.41. The third-order valence-electron chi connectivity index (χ3n) is 4.45. The van der Waals surface area contributed by atoms with Gasteiger partial charge in [0.1, 0.15) is 0 Å². The second-order valence-corrected chi connectivity index (χ2v) is 6.65. The average Bonchev–Trinajstić information content (AvgIpc) is 2.94. The average molecular weight is 340 g/mol. The smallest absolute Gasteiger partial charge is 0.0859 e. The first-order valence-electron chi connectivity index (χ1n) is 7.39. The van der Waals surface area contributed by atoms with Crippen LogP contribution in [0.4, 0.5) is 0 Å². The predicted molar refractivity (Wildman–Crippen MR) is 82.8 cm³/mol. The molecule has 2 aliphatic heterocycles. The summed E-state index contributed by atoms with van der Waals surface area (Å²) in [5.41, 5.74) is 1.11. The molecule has 3 heterocycles. The van der Waals surface area contributed by atoms with Crippen molar-refractivity contribution in [1.29, 1.82) is 0 Å². The van der Waals surface area contributed by atoms with Gasteiger partial charge in [-0.05, 0) is 54.5 Å². The number of nitrogens with zero attached hydrogens (tertiary/aromatic N) is 2. The first-order chi connectivity index (χ1) is 9.76. The molecule has 0 aromatic carbocycles. The molecule has 3 unspecified atom stereocenters. The summed E-state index contributed by atoms with van der Waals surface area (Å²) in [6, 6.07) is 5.11. The van der Waals surface area contributed by atoms with Crippen molar-refractivity contribution in [3.8, 4) is 0 Å². The molecule has 0 radical (unpaired) electrons. The summed E-state index contributed by atoms with van der Waals surface area (Å²) in [6.07, 6.45) is 5.65. The van der Waals surface area contributed by atoms with Crippen molar-refractivity contribution in [2.24, 2.45) is 0 Å². The van der Waals surface area contributed by atoms with E-state index in [1.807, 2.05) is 19.3 Å². The maximum absolute atomic E-state index is 6.10. The van der Waals surface area contributed by atoms with Crippen molar-refractivity contribution in [3.05, 3.63) is 28.5 Å². The van der Waals surface area contributed by atoms with Crippen LogP contribution in [0.3, 0.4) is 0 Å². The van der Waals surface area contributed by atoms with Crippen LogP contribution in [0.5, 0.6) is 0 Å². The van der Waals surface area contributed by atoms with Crippen LogP contribution in [0, 0.1) is 0 Å². The first-order valence-corrected chi connectivity index (χ1v) is 8.19. The van der Waals surface area contributed by atoms with Gasteiger partial charge in [-0.15, -0.1) is 0 Å². The summed E-state index contributed by atoms with van der Waals surface area (Å²) in [6.45, 7) is 3.17. The van der Waals surface area contributed by atoms with E-state index in [0.717, 1.165) is 29.7 Å². The number of likely N-dealkylation sites (N-methyl/N-ethyl adjacent to an activating group) is 1. The lowest BCUT2D eigenvalue weighted by molar-refractivity contribution is -0.0635. The van der Waals surface area contributed by atoms with Crippen molar-refractivity contribution in [3.63, 3.8) is 0 Å². The maximum atomic E-state index is 6.10. The Morgan fingerprint density at radius 3 is 3.20 bits per heavy atom. The Hall–Kier alpha value is -0.490. The largest absolute Gasteiger partial charge is 0.374 e. The molecule has 5 heteroatoms. The molecule has 0 spiro atoms.